The molecule has 1 aliphatic rings. The largest absolute Gasteiger partial charge is 0.368 e. The Labute approximate surface area is 180 Å². The number of anilines is 1. The highest BCUT2D eigenvalue weighted by atomic mass is 16.2. The van der Waals surface area contributed by atoms with E-state index < -0.39 is 6.04 Å². The minimum absolute atomic E-state index is 0.00563. The van der Waals surface area contributed by atoms with Crippen LogP contribution in [-0.2, 0) is 4.79 Å². The molecular formula is C25H33N3O2. The van der Waals surface area contributed by atoms with Crippen LogP contribution >= 0.6 is 0 Å². The number of hydrogen-bond donors (Lipinski definition) is 1. The van der Waals surface area contributed by atoms with Gasteiger partial charge in [-0.1, -0.05) is 43.7 Å². The van der Waals surface area contributed by atoms with Crippen LogP contribution in [0.15, 0.2) is 42.5 Å². The summed E-state index contributed by atoms with van der Waals surface area (Å²) >= 11 is 0. The van der Waals surface area contributed by atoms with Crippen LogP contribution in [0.5, 0.6) is 0 Å². The molecule has 160 valence electrons. The zero-order valence-electron chi connectivity index (χ0n) is 18.7. The SMILES string of the molecule is Cc1ccc(C(=O)N[C@@H](C(=O)N2CCN(c3cccc(C)c3C)CC2)C(C)C)cc1. The number of rotatable bonds is 5. The van der Waals surface area contributed by atoms with E-state index in [1.54, 1.807) is 12.1 Å². The number of hydrogen-bond acceptors (Lipinski definition) is 3. The van der Waals surface area contributed by atoms with Crippen molar-refractivity contribution < 1.29 is 9.59 Å². The first-order chi connectivity index (χ1) is 14.3. The maximum atomic E-state index is 13.2. The maximum Gasteiger partial charge on any atom is 0.251 e. The summed E-state index contributed by atoms with van der Waals surface area (Å²) in [5, 5.41) is 2.97. The van der Waals surface area contributed by atoms with Crippen LogP contribution in [0.2, 0.25) is 0 Å². The van der Waals surface area contributed by atoms with Gasteiger partial charge in [0.15, 0.2) is 0 Å². The van der Waals surface area contributed by atoms with Crippen LogP contribution in [0.3, 0.4) is 0 Å². The number of carbonyl (C=O) groups excluding carboxylic acids is 2. The number of carbonyl (C=O) groups is 2. The van der Waals surface area contributed by atoms with E-state index >= 15 is 0 Å². The van der Waals surface area contributed by atoms with E-state index in [2.05, 4.69) is 42.3 Å². The van der Waals surface area contributed by atoms with Gasteiger partial charge in [-0.25, -0.2) is 0 Å². The van der Waals surface area contributed by atoms with Crippen molar-refractivity contribution in [2.24, 2.45) is 5.92 Å². The summed E-state index contributed by atoms with van der Waals surface area (Å²) in [6, 6.07) is 13.3. The van der Waals surface area contributed by atoms with Gasteiger partial charge in [0.05, 0.1) is 0 Å². The third-order valence-electron chi connectivity index (χ3n) is 6.04. The van der Waals surface area contributed by atoms with Gasteiger partial charge in [0, 0.05) is 37.4 Å². The van der Waals surface area contributed by atoms with Crippen LogP contribution in [-0.4, -0.2) is 48.9 Å². The van der Waals surface area contributed by atoms with Crippen molar-refractivity contribution in [3.05, 3.63) is 64.7 Å². The number of aryl methyl sites for hydroxylation is 2. The number of nitrogens with one attached hydrogen (secondary N) is 1. The van der Waals surface area contributed by atoms with Crippen molar-refractivity contribution in [2.75, 3.05) is 31.1 Å². The highest BCUT2D eigenvalue weighted by Gasteiger charge is 2.31. The van der Waals surface area contributed by atoms with E-state index in [0.29, 0.717) is 18.7 Å². The summed E-state index contributed by atoms with van der Waals surface area (Å²) in [5.74, 6) is -0.175. The molecule has 0 spiro atoms. The second kappa shape index (κ2) is 9.33. The van der Waals surface area contributed by atoms with Gasteiger partial charge in [-0.15, -0.1) is 0 Å². The number of benzene rings is 2. The third kappa shape index (κ3) is 4.84. The van der Waals surface area contributed by atoms with Gasteiger partial charge in [-0.05, 0) is 56.0 Å². The minimum Gasteiger partial charge on any atom is -0.368 e. The topological polar surface area (TPSA) is 52.7 Å². The molecule has 5 nitrogen and oxygen atoms in total. The van der Waals surface area contributed by atoms with Gasteiger partial charge < -0.3 is 15.1 Å². The lowest BCUT2D eigenvalue weighted by Gasteiger charge is -2.39. The summed E-state index contributed by atoms with van der Waals surface area (Å²) < 4.78 is 0. The molecule has 1 fully saturated rings. The second-order valence-electron chi connectivity index (χ2n) is 8.59. The highest BCUT2D eigenvalue weighted by Crippen LogP contribution is 2.24. The van der Waals surface area contributed by atoms with E-state index in [1.165, 1.54) is 16.8 Å². The zero-order valence-corrected chi connectivity index (χ0v) is 18.7. The molecule has 30 heavy (non-hydrogen) atoms. The molecule has 1 atom stereocenters. The summed E-state index contributed by atoms with van der Waals surface area (Å²) in [4.78, 5) is 30.1. The van der Waals surface area contributed by atoms with Crippen molar-refractivity contribution in [3.63, 3.8) is 0 Å². The molecule has 3 rings (SSSR count). The average molecular weight is 408 g/mol. The maximum absolute atomic E-state index is 13.2. The first-order valence-corrected chi connectivity index (χ1v) is 10.8. The Hall–Kier alpha value is -2.82. The Balaban J connectivity index is 1.64. The quantitative estimate of drug-likeness (QED) is 0.822. The van der Waals surface area contributed by atoms with E-state index in [1.807, 2.05) is 37.8 Å². The fourth-order valence-electron chi connectivity index (χ4n) is 3.89. The highest BCUT2D eigenvalue weighted by molar-refractivity contribution is 5.97. The summed E-state index contributed by atoms with van der Waals surface area (Å²) in [5.41, 5.74) is 5.51. The average Bonchev–Trinajstić information content (AvgIpc) is 2.74. The van der Waals surface area contributed by atoms with Gasteiger partial charge in [-0.3, -0.25) is 9.59 Å². The molecule has 0 aromatic heterocycles. The molecule has 0 saturated carbocycles. The van der Waals surface area contributed by atoms with Crippen LogP contribution in [0.25, 0.3) is 0 Å². The van der Waals surface area contributed by atoms with Crippen molar-refractivity contribution in [1.82, 2.24) is 10.2 Å². The van der Waals surface area contributed by atoms with E-state index in [4.69, 9.17) is 0 Å². The summed E-state index contributed by atoms with van der Waals surface area (Å²) in [7, 11) is 0. The Morgan fingerprint density at radius 1 is 0.900 bits per heavy atom. The molecule has 0 radical (unpaired) electrons. The normalized spacial score (nSPS) is 15.3. The molecule has 1 aliphatic heterocycles. The molecule has 0 unspecified atom stereocenters. The smallest absolute Gasteiger partial charge is 0.251 e. The Bertz CT molecular complexity index is 897. The van der Waals surface area contributed by atoms with Crippen LogP contribution in [0, 0.1) is 26.7 Å². The summed E-state index contributed by atoms with van der Waals surface area (Å²) in [6.07, 6.45) is 0. The molecule has 2 aromatic carbocycles. The van der Waals surface area contributed by atoms with E-state index in [9.17, 15) is 9.59 Å². The Morgan fingerprint density at radius 2 is 1.53 bits per heavy atom. The van der Waals surface area contributed by atoms with Crippen molar-refractivity contribution in [2.45, 2.75) is 40.7 Å². The van der Waals surface area contributed by atoms with Crippen molar-refractivity contribution in [1.29, 1.82) is 0 Å². The molecule has 1 heterocycles. The van der Waals surface area contributed by atoms with Gasteiger partial charge in [0.2, 0.25) is 5.91 Å². The molecule has 1 N–H and O–H groups in total. The fourth-order valence-corrected chi connectivity index (χ4v) is 3.89. The predicted molar refractivity (Wildman–Crippen MR) is 122 cm³/mol. The van der Waals surface area contributed by atoms with Crippen LogP contribution in [0.1, 0.15) is 40.9 Å². The zero-order chi connectivity index (χ0) is 21.8. The first kappa shape index (κ1) is 21.9. The molecule has 5 heteroatoms. The molecule has 0 bridgehead atoms. The monoisotopic (exact) mass is 407 g/mol. The predicted octanol–water partition coefficient (Wildman–Crippen LogP) is 3.72. The van der Waals surface area contributed by atoms with Crippen LogP contribution in [0.4, 0.5) is 5.69 Å². The van der Waals surface area contributed by atoms with Crippen molar-refractivity contribution >= 4 is 17.5 Å². The van der Waals surface area contributed by atoms with Crippen LogP contribution < -0.4 is 10.2 Å². The number of amides is 2. The fraction of sp³-hybridized carbons (Fsp3) is 0.440. The van der Waals surface area contributed by atoms with Crippen molar-refractivity contribution in [3.8, 4) is 0 Å². The molecule has 1 saturated heterocycles. The van der Waals surface area contributed by atoms with Gasteiger partial charge in [0.1, 0.15) is 6.04 Å². The molecule has 2 amide bonds. The third-order valence-corrected chi connectivity index (χ3v) is 6.04. The van der Waals surface area contributed by atoms with E-state index in [-0.39, 0.29) is 17.7 Å². The molecule has 2 aromatic rings. The Morgan fingerprint density at radius 3 is 2.13 bits per heavy atom. The Kier molecular flexibility index (Phi) is 6.80. The number of nitrogens with zero attached hydrogens (tertiary/aromatic N) is 2. The molecular weight excluding hydrogens is 374 g/mol. The lowest BCUT2D eigenvalue weighted by atomic mass is 10.0. The second-order valence-corrected chi connectivity index (χ2v) is 8.59. The standard InChI is InChI=1S/C25H33N3O2/c1-17(2)23(26-24(29)21-11-9-18(3)10-12-21)25(30)28-15-13-27(14-16-28)22-8-6-7-19(4)20(22)5/h6-12,17,23H,13-16H2,1-5H3,(H,26,29)/t23-/m1/s1. The first-order valence-electron chi connectivity index (χ1n) is 10.8. The lowest BCUT2D eigenvalue weighted by Crippen LogP contribution is -2.56. The van der Waals surface area contributed by atoms with Gasteiger partial charge in [0.25, 0.3) is 5.91 Å². The van der Waals surface area contributed by atoms with Gasteiger partial charge >= 0.3 is 0 Å². The lowest BCUT2D eigenvalue weighted by molar-refractivity contribution is -0.134. The summed E-state index contributed by atoms with van der Waals surface area (Å²) in [6.45, 7) is 13.1. The number of piperazine rings is 1. The molecule has 0 aliphatic carbocycles. The van der Waals surface area contributed by atoms with E-state index in [0.717, 1.165) is 18.7 Å². The van der Waals surface area contributed by atoms with Gasteiger partial charge in [-0.2, -0.15) is 0 Å². The minimum atomic E-state index is -0.522.